The van der Waals surface area contributed by atoms with Gasteiger partial charge in [0.1, 0.15) is 17.0 Å². The van der Waals surface area contributed by atoms with E-state index in [2.05, 4.69) is 9.97 Å². The van der Waals surface area contributed by atoms with Gasteiger partial charge in [-0.3, -0.25) is 0 Å². The Kier molecular flexibility index (Phi) is 4.70. The maximum absolute atomic E-state index is 13.9. The molecule has 0 aliphatic carbocycles. The third kappa shape index (κ3) is 3.41. The molecular weight excluding hydrogens is 379 g/mol. The van der Waals surface area contributed by atoms with Crippen molar-refractivity contribution in [2.75, 3.05) is 5.75 Å². The van der Waals surface area contributed by atoms with Gasteiger partial charge in [-0.25, -0.2) is 23.5 Å². The summed E-state index contributed by atoms with van der Waals surface area (Å²) in [6, 6.07) is 2.16. The normalized spacial score (nSPS) is 11.9. The molecule has 0 amide bonds. The van der Waals surface area contributed by atoms with Crippen molar-refractivity contribution >= 4 is 22.7 Å². The number of benzene rings is 1. The first-order chi connectivity index (χ1) is 12.2. The molecule has 0 unspecified atom stereocenters. The molecule has 2 heterocycles. The van der Waals surface area contributed by atoms with Crippen LogP contribution in [0.2, 0.25) is 0 Å². The van der Waals surface area contributed by atoms with Crippen LogP contribution >= 0.6 is 11.8 Å². The van der Waals surface area contributed by atoms with E-state index in [1.54, 1.807) is 6.92 Å². The minimum atomic E-state index is -4.60. The monoisotopic (exact) mass is 388 g/mol. The fraction of sp³-hybridized carbons (Fsp3) is 0.188. The minimum Gasteiger partial charge on any atom is -0.401 e. The lowest BCUT2D eigenvalue weighted by Gasteiger charge is -2.11. The number of halogens is 5. The van der Waals surface area contributed by atoms with E-state index in [4.69, 9.17) is 4.42 Å². The van der Waals surface area contributed by atoms with Crippen molar-refractivity contribution in [1.82, 2.24) is 9.97 Å². The fourth-order valence-corrected chi connectivity index (χ4v) is 3.03. The van der Waals surface area contributed by atoms with Crippen LogP contribution in [0.1, 0.15) is 12.5 Å². The van der Waals surface area contributed by atoms with Crippen LogP contribution in [0, 0.1) is 11.6 Å². The van der Waals surface area contributed by atoms with Crippen molar-refractivity contribution in [1.29, 1.82) is 0 Å². The van der Waals surface area contributed by atoms with E-state index in [0.717, 1.165) is 23.9 Å². The van der Waals surface area contributed by atoms with Gasteiger partial charge in [-0.2, -0.15) is 13.2 Å². The molecule has 0 fully saturated rings. The van der Waals surface area contributed by atoms with Crippen LogP contribution in [0.3, 0.4) is 0 Å². The molecule has 0 aliphatic heterocycles. The maximum atomic E-state index is 13.9. The first-order valence-electron chi connectivity index (χ1n) is 7.21. The van der Waals surface area contributed by atoms with Crippen LogP contribution in [0.5, 0.6) is 0 Å². The summed E-state index contributed by atoms with van der Waals surface area (Å²) in [5.41, 5.74) is -2.63. The molecule has 4 nitrogen and oxygen atoms in total. The van der Waals surface area contributed by atoms with E-state index in [0.29, 0.717) is 18.0 Å². The lowest BCUT2D eigenvalue weighted by Crippen LogP contribution is -2.08. The molecule has 0 aliphatic rings. The molecule has 2 aromatic heterocycles. The number of hydrogen-bond acceptors (Lipinski definition) is 5. The number of fused-ring (bicyclic) bond motifs is 1. The van der Waals surface area contributed by atoms with Crippen LogP contribution in [-0.2, 0) is 6.18 Å². The molecule has 0 saturated heterocycles. The lowest BCUT2D eigenvalue weighted by atomic mass is 10.2. The Bertz CT molecular complexity index is 1050. The molecule has 1 aromatic carbocycles. The first kappa shape index (κ1) is 18.3. The van der Waals surface area contributed by atoms with E-state index in [1.807, 2.05) is 0 Å². The van der Waals surface area contributed by atoms with Gasteiger partial charge in [0, 0.05) is 17.2 Å². The molecule has 26 heavy (non-hydrogen) atoms. The van der Waals surface area contributed by atoms with Crippen molar-refractivity contribution in [3.05, 3.63) is 52.0 Å². The highest BCUT2D eigenvalue weighted by molar-refractivity contribution is 7.99. The minimum absolute atomic E-state index is 0.0693. The summed E-state index contributed by atoms with van der Waals surface area (Å²) in [5.74, 6) is -2.11. The third-order valence-electron chi connectivity index (χ3n) is 3.33. The van der Waals surface area contributed by atoms with Crippen molar-refractivity contribution in [3.8, 4) is 11.6 Å². The Morgan fingerprint density at radius 1 is 1.19 bits per heavy atom. The number of hydrogen-bond donors (Lipinski definition) is 0. The average molecular weight is 388 g/mol. The number of pyridine rings is 1. The molecule has 0 atom stereocenters. The second-order valence-corrected chi connectivity index (χ2v) is 6.40. The van der Waals surface area contributed by atoms with E-state index in [-0.39, 0.29) is 10.6 Å². The Hall–Kier alpha value is -2.49. The standard InChI is InChI=1S/C16H9F5N2O2S/c1-2-26-11-3-7(16(19,20)21)6-22-13(11)14-23-12-9(15(24)25-14)4-8(17)5-10(12)18/h3-6H,2H2,1H3. The summed E-state index contributed by atoms with van der Waals surface area (Å²) < 4.78 is 70.8. The second kappa shape index (κ2) is 6.67. The van der Waals surface area contributed by atoms with Crippen LogP contribution in [0.25, 0.3) is 22.5 Å². The van der Waals surface area contributed by atoms with Gasteiger partial charge in [0.25, 0.3) is 5.89 Å². The van der Waals surface area contributed by atoms with Gasteiger partial charge >= 0.3 is 11.8 Å². The van der Waals surface area contributed by atoms with E-state index >= 15 is 0 Å². The quantitative estimate of drug-likeness (QED) is 0.483. The Labute approximate surface area is 147 Å². The van der Waals surface area contributed by atoms with Gasteiger partial charge in [0.05, 0.1) is 10.9 Å². The van der Waals surface area contributed by atoms with Crippen molar-refractivity contribution in [3.63, 3.8) is 0 Å². The first-order valence-corrected chi connectivity index (χ1v) is 8.19. The average Bonchev–Trinajstić information content (AvgIpc) is 2.55. The molecule has 0 radical (unpaired) electrons. The predicted octanol–water partition coefficient (Wildman–Crippen LogP) is 4.66. The van der Waals surface area contributed by atoms with Gasteiger partial charge in [-0.1, -0.05) is 6.92 Å². The summed E-state index contributed by atoms with van der Waals surface area (Å²) in [6.07, 6.45) is -4.03. The molecule has 10 heteroatoms. The fourth-order valence-electron chi connectivity index (χ4n) is 2.23. The van der Waals surface area contributed by atoms with Crippen LogP contribution in [0.15, 0.2) is 38.5 Å². The van der Waals surface area contributed by atoms with E-state index in [9.17, 15) is 26.7 Å². The van der Waals surface area contributed by atoms with Crippen LogP contribution < -0.4 is 5.63 Å². The number of aromatic nitrogens is 2. The van der Waals surface area contributed by atoms with Crippen molar-refractivity contribution < 1.29 is 26.4 Å². The molecular formula is C16H9F5N2O2S. The second-order valence-electron chi connectivity index (χ2n) is 5.09. The zero-order valence-electron chi connectivity index (χ0n) is 13.0. The molecule has 0 N–H and O–H groups in total. The van der Waals surface area contributed by atoms with Crippen molar-refractivity contribution in [2.24, 2.45) is 0 Å². The SMILES string of the molecule is CCSc1cc(C(F)(F)F)cnc1-c1nc2c(F)cc(F)cc2c(=O)o1. The number of thioether (sulfide) groups is 1. The smallest absolute Gasteiger partial charge is 0.401 e. The summed E-state index contributed by atoms with van der Waals surface area (Å²) in [5, 5.41) is -0.414. The predicted molar refractivity (Wildman–Crippen MR) is 84.8 cm³/mol. The van der Waals surface area contributed by atoms with Crippen molar-refractivity contribution in [2.45, 2.75) is 18.0 Å². The number of rotatable bonds is 3. The van der Waals surface area contributed by atoms with Gasteiger partial charge in [0.15, 0.2) is 5.82 Å². The number of alkyl halides is 3. The molecule has 3 aromatic rings. The Morgan fingerprint density at radius 3 is 2.58 bits per heavy atom. The maximum Gasteiger partial charge on any atom is 0.417 e. The number of nitrogens with zero attached hydrogens (tertiary/aromatic N) is 2. The van der Waals surface area contributed by atoms with Crippen LogP contribution in [0.4, 0.5) is 22.0 Å². The van der Waals surface area contributed by atoms with Crippen LogP contribution in [-0.4, -0.2) is 15.7 Å². The highest BCUT2D eigenvalue weighted by Crippen LogP contribution is 2.35. The summed E-state index contributed by atoms with van der Waals surface area (Å²) in [7, 11) is 0. The molecule has 0 spiro atoms. The van der Waals surface area contributed by atoms with E-state index < -0.39 is 45.8 Å². The highest BCUT2D eigenvalue weighted by Gasteiger charge is 2.32. The van der Waals surface area contributed by atoms with E-state index in [1.165, 1.54) is 0 Å². The third-order valence-corrected chi connectivity index (χ3v) is 4.24. The van der Waals surface area contributed by atoms with Gasteiger partial charge in [-0.05, 0) is 17.9 Å². The summed E-state index contributed by atoms with van der Waals surface area (Å²) in [4.78, 5) is 19.6. The summed E-state index contributed by atoms with van der Waals surface area (Å²) in [6.45, 7) is 1.71. The largest absolute Gasteiger partial charge is 0.417 e. The van der Waals surface area contributed by atoms with Gasteiger partial charge in [0.2, 0.25) is 0 Å². The summed E-state index contributed by atoms with van der Waals surface area (Å²) >= 11 is 1.03. The Morgan fingerprint density at radius 2 is 1.92 bits per heavy atom. The lowest BCUT2D eigenvalue weighted by molar-refractivity contribution is -0.138. The zero-order valence-corrected chi connectivity index (χ0v) is 13.8. The Balaban J connectivity index is 2.24. The highest BCUT2D eigenvalue weighted by atomic mass is 32.2. The zero-order chi connectivity index (χ0) is 19.1. The van der Waals surface area contributed by atoms with Gasteiger partial charge < -0.3 is 4.42 Å². The molecule has 0 saturated carbocycles. The topological polar surface area (TPSA) is 56.0 Å². The van der Waals surface area contributed by atoms with Gasteiger partial charge in [-0.15, -0.1) is 11.8 Å². The molecule has 3 rings (SSSR count). The molecule has 0 bridgehead atoms. The molecule has 136 valence electrons.